The molecule has 0 aliphatic carbocycles. The Bertz CT molecular complexity index is 1020. The summed E-state index contributed by atoms with van der Waals surface area (Å²) >= 11 is 0. The molecular weight excluding hydrogens is 387 g/mol. The molecule has 6 nitrogen and oxygen atoms in total. The third kappa shape index (κ3) is 3.05. The summed E-state index contributed by atoms with van der Waals surface area (Å²) in [6, 6.07) is 12.8. The molecule has 0 aromatic heterocycles. The molecule has 0 saturated carbocycles. The van der Waals surface area contributed by atoms with Gasteiger partial charge in [-0.1, -0.05) is 44.2 Å². The van der Waals surface area contributed by atoms with Crippen molar-refractivity contribution in [1.82, 2.24) is 4.90 Å². The summed E-state index contributed by atoms with van der Waals surface area (Å²) in [4.78, 5) is 42.5. The van der Waals surface area contributed by atoms with Gasteiger partial charge in [-0.3, -0.25) is 14.5 Å². The highest BCUT2D eigenvalue weighted by atomic mass is 19.1. The molecule has 0 spiro atoms. The van der Waals surface area contributed by atoms with Gasteiger partial charge < -0.3 is 9.64 Å². The highest BCUT2D eigenvalue weighted by Crippen LogP contribution is 2.45. The number of amides is 2. The maximum absolute atomic E-state index is 14.0. The highest BCUT2D eigenvalue weighted by Gasteiger charge is 2.61. The molecule has 0 N–H and O–H groups in total. The van der Waals surface area contributed by atoms with E-state index in [-0.39, 0.29) is 49.3 Å². The van der Waals surface area contributed by atoms with E-state index in [2.05, 4.69) is 0 Å². The van der Waals surface area contributed by atoms with Crippen molar-refractivity contribution < 1.29 is 23.5 Å². The zero-order valence-corrected chi connectivity index (χ0v) is 16.9. The van der Waals surface area contributed by atoms with Gasteiger partial charge in [0, 0.05) is 24.9 Å². The molecule has 0 radical (unpaired) electrons. The number of carbonyl (C=O) groups excluding carboxylic acids is 3. The predicted molar refractivity (Wildman–Crippen MR) is 108 cm³/mol. The fourth-order valence-corrected chi connectivity index (χ4v) is 4.24. The first-order valence-corrected chi connectivity index (χ1v) is 10.0. The lowest BCUT2D eigenvalue weighted by Crippen LogP contribution is -2.69. The smallest absolute Gasteiger partial charge is 0.354 e. The van der Waals surface area contributed by atoms with Crippen molar-refractivity contribution in [1.29, 1.82) is 0 Å². The van der Waals surface area contributed by atoms with Crippen molar-refractivity contribution in [3.63, 3.8) is 0 Å². The topological polar surface area (TPSA) is 66.9 Å². The standard InChI is InChI=1S/C23H23FN2O4/c1-15(2)13-25-21(28)17-8-4-6-10-19(17)26-20(27)11-12-23(25,26)22(29)30-14-16-7-3-5-9-18(16)24/h3-10,15H,11-14H2,1-2H3/t23-/m0/s1. The summed E-state index contributed by atoms with van der Waals surface area (Å²) in [6.45, 7) is 3.88. The van der Waals surface area contributed by atoms with E-state index in [9.17, 15) is 18.8 Å². The molecule has 2 aliphatic rings. The van der Waals surface area contributed by atoms with Gasteiger partial charge in [0.1, 0.15) is 12.4 Å². The summed E-state index contributed by atoms with van der Waals surface area (Å²) in [7, 11) is 0. The Morgan fingerprint density at radius 1 is 1.13 bits per heavy atom. The van der Waals surface area contributed by atoms with Crippen LogP contribution in [0.15, 0.2) is 48.5 Å². The normalized spacial score (nSPS) is 20.4. The van der Waals surface area contributed by atoms with Crippen LogP contribution >= 0.6 is 0 Å². The van der Waals surface area contributed by atoms with Crippen LogP contribution in [0.25, 0.3) is 0 Å². The van der Waals surface area contributed by atoms with E-state index in [0.29, 0.717) is 11.3 Å². The maximum atomic E-state index is 14.0. The molecule has 2 amide bonds. The van der Waals surface area contributed by atoms with E-state index in [0.717, 1.165) is 0 Å². The van der Waals surface area contributed by atoms with Crippen LogP contribution in [0.3, 0.4) is 0 Å². The van der Waals surface area contributed by atoms with Gasteiger partial charge in [0.15, 0.2) is 0 Å². The van der Waals surface area contributed by atoms with Gasteiger partial charge in [0.05, 0.1) is 11.3 Å². The Labute approximate surface area is 174 Å². The molecule has 4 rings (SSSR count). The number of esters is 1. The van der Waals surface area contributed by atoms with Gasteiger partial charge in [-0.2, -0.15) is 0 Å². The van der Waals surface area contributed by atoms with E-state index in [1.807, 2.05) is 13.8 Å². The van der Waals surface area contributed by atoms with E-state index in [4.69, 9.17) is 4.74 Å². The molecule has 2 aromatic carbocycles. The van der Waals surface area contributed by atoms with Crippen LogP contribution < -0.4 is 4.90 Å². The van der Waals surface area contributed by atoms with Gasteiger partial charge >= 0.3 is 5.97 Å². The first-order valence-electron chi connectivity index (χ1n) is 10.0. The Hall–Kier alpha value is -3.22. The zero-order valence-electron chi connectivity index (χ0n) is 16.9. The fraction of sp³-hybridized carbons (Fsp3) is 0.348. The predicted octanol–water partition coefficient (Wildman–Crippen LogP) is 3.50. The van der Waals surface area contributed by atoms with Crippen LogP contribution in [0.1, 0.15) is 42.6 Å². The lowest BCUT2D eigenvalue weighted by molar-refractivity contribution is -0.159. The Morgan fingerprint density at radius 3 is 2.57 bits per heavy atom. The third-order valence-corrected chi connectivity index (χ3v) is 5.57. The van der Waals surface area contributed by atoms with E-state index in [1.165, 1.54) is 21.9 Å². The zero-order chi connectivity index (χ0) is 21.5. The van der Waals surface area contributed by atoms with Crippen LogP contribution in [-0.2, 0) is 20.9 Å². The van der Waals surface area contributed by atoms with Crippen molar-refractivity contribution in [2.24, 2.45) is 5.92 Å². The summed E-state index contributed by atoms with van der Waals surface area (Å²) in [5.41, 5.74) is -0.534. The number of hydrogen-bond acceptors (Lipinski definition) is 4. The molecule has 30 heavy (non-hydrogen) atoms. The van der Waals surface area contributed by atoms with Crippen LogP contribution in [-0.4, -0.2) is 34.9 Å². The second-order valence-corrected chi connectivity index (χ2v) is 8.04. The van der Waals surface area contributed by atoms with Crippen LogP contribution in [0.5, 0.6) is 0 Å². The van der Waals surface area contributed by atoms with Crippen molar-refractivity contribution >= 4 is 23.5 Å². The molecule has 1 atom stereocenters. The number of nitrogens with zero attached hydrogens (tertiary/aromatic N) is 2. The summed E-state index contributed by atoms with van der Waals surface area (Å²) in [5.74, 6) is -1.70. The average Bonchev–Trinajstić information content (AvgIpc) is 3.08. The van der Waals surface area contributed by atoms with Gasteiger partial charge in [0.25, 0.3) is 5.91 Å². The molecule has 1 saturated heterocycles. The number of hydrogen-bond donors (Lipinski definition) is 0. The number of anilines is 1. The monoisotopic (exact) mass is 410 g/mol. The number of fused-ring (bicyclic) bond motifs is 3. The fourth-order valence-electron chi connectivity index (χ4n) is 4.24. The van der Waals surface area contributed by atoms with Gasteiger partial charge in [0.2, 0.25) is 11.6 Å². The van der Waals surface area contributed by atoms with Gasteiger partial charge in [-0.25, -0.2) is 9.18 Å². The van der Waals surface area contributed by atoms with Crippen molar-refractivity contribution in [2.45, 2.75) is 39.0 Å². The van der Waals surface area contributed by atoms with Crippen LogP contribution in [0.4, 0.5) is 10.1 Å². The molecule has 0 bridgehead atoms. The largest absolute Gasteiger partial charge is 0.458 e. The molecule has 0 unspecified atom stereocenters. The van der Waals surface area contributed by atoms with Crippen molar-refractivity contribution in [2.75, 3.05) is 11.4 Å². The molecular formula is C23H23FN2O4. The number of rotatable bonds is 5. The van der Waals surface area contributed by atoms with Crippen LogP contribution in [0.2, 0.25) is 0 Å². The minimum atomic E-state index is -1.56. The lowest BCUT2D eigenvalue weighted by atomic mass is 9.95. The molecule has 2 heterocycles. The van der Waals surface area contributed by atoms with Gasteiger partial charge in [-0.05, 0) is 24.1 Å². The maximum Gasteiger partial charge on any atom is 0.354 e. The Morgan fingerprint density at radius 2 is 1.83 bits per heavy atom. The summed E-state index contributed by atoms with van der Waals surface area (Å²) in [5, 5.41) is 0. The first-order chi connectivity index (χ1) is 14.4. The van der Waals surface area contributed by atoms with Crippen LogP contribution in [0, 0.1) is 11.7 Å². The highest BCUT2D eigenvalue weighted by molar-refractivity contribution is 6.15. The number of carbonyl (C=O) groups is 3. The number of halogens is 1. The molecule has 2 aliphatic heterocycles. The molecule has 156 valence electrons. The van der Waals surface area contributed by atoms with Crippen molar-refractivity contribution in [3.05, 3.63) is 65.5 Å². The summed E-state index contributed by atoms with van der Waals surface area (Å²) < 4.78 is 19.5. The summed E-state index contributed by atoms with van der Waals surface area (Å²) in [6.07, 6.45) is 0.250. The SMILES string of the molecule is CC(C)CN1C(=O)c2ccccc2N2C(=O)CC[C@]12C(=O)OCc1ccccc1F. The van der Waals surface area contributed by atoms with Gasteiger partial charge in [-0.15, -0.1) is 0 Å². The Balaban J connectivity index is 1.76. The quantitative estimate of drug-likeness (QED) is 0.708. The van der Waals surface area contributed by atoms with E-state index in [1.54, 1.807) is 36.4 Å². The number of benzene rings is 2. The second kappa shape index (κ2) is 7.55. The third-order valence-electron chi connectivity index (χ3n) is 5.57. The molecule has 7 heteroatoms. The first kappa shape index (κ1) is 20.1. The molecule has 1 fully saturated rings. The number of para-hydroxylation sites is 1. The average molecular weight is 410 g/mol. The Kier molecular flexibility index (Phi) is 5.05. The lowest BCUT2D eigenvalue weighted by Gasteiger charge is -2.48. The van der Waals surface area contributed by atoms with E-state index < -0.39 is 17.4 Å². The minimum absolute atomic E-state index is 0.0630. The minimum Gasteiger partial charge on any atom is -0.458 e. The van der Waals surface area contributed by atoms with Crippen molar-refractivity contribution in [3.8, 4) is 0 Å². The molecule has 2 aromatic rings. The van der Waals surface area contributed by atoms with E-state index >= 15 is 0 Å². The second-order valence-electron chi connectivity index (χ2n) is 8.04. The number of ether oxygens (including phenoxy) is 1.